The monoisotopic (exact) mass is 632 g/mol. The molecule has 8 heteroatoms. The Morgan fingerprint density at radius 2 is 1.00 bits per heavy atom. The van der Waals surface area contributed by atoms with Crippen molar-refractivity contribution < 1.29 is 18.9 Å². The largest absolute Gasteiger partial charge is 0.485 e. The van der Waals surface area contributed by atoms with Crippen LogP contribution in [-0.4, -0.2) is 36.4 Å². The van der Waals surface area contributed by atoms with E-state index in [1.54, 1.807) is 22.7 Å². The summed E-state index contributed by atoms with van der Waals surface area (Å²) in [6.45, 7) is 6.89. The molecule has 2 aliphatic heterocycles. The number of rotatable bonds is 15. The van der Waals surface area contributed by atoms with Crippen LogP contribution >= 0.6 is 22.7 Å². The average Bonchev–Trinajstić information content (AvgIpc) is 3.69. The second kappa shape index (κ2) is 15.3. The SMILES string of the molecule is CCCCCCCc1cc(-c2cc(CCCCCCC)c(-c3scc4c3OCCO4)cn2)ncc1-c1scc2c1OCCO2. The Morgan fingerprint density at radius 1 is 0.568 bits per heavy atom. The highest BCUT2D eigenvalue weighted by Crippen LogP contribution is 2.48. The average molecular weight is 633 g/mol. The van der Waals surface area contributed by atoms with E-state index >= 15 is 0 Å². The summed E-state index contributed by atoms with van der Waals surface area (Å²) in [5.74, 6) is 3.42. The molecule has 0 spiro atoms. The Bertz CT molecular complexity index is 1410. The van der Waals surface area contributed by atoms with E-state index in [1.807, 2.05) is 12.4 Å². The summed E-state index contributed by atoms with van der Waals surface area (Å²) >= 11 is 3.37. The van der Waals surface area contributed by atoms with E-state index in [0.717, 1.165) is 81.0 Å². The molecule has 0 unspecified atom stereocenters. The van der Waals surface area contributed by atoms with Gasteiger partial charge in [-0.25, -0.2) is 0 Å². The molecule has 0 aromatic carbocycles. The van der Waals surface area contributed by atoms with Crippen LogP contribution in [0.3, 0.4) is 0 Å². The molecule has 0 fully saturated rings. The van der Waals surface area contributed by atoms with Crippen molar-refractivity contribution in [1.29, 1.82) is 0 Å². The highest BCUT2D eigenvalue weighted by atomic mass is 32.1. The lowest BCUT2D eigenvalue weighted by Gasteiger charge is -2.18. The van der Waals surface area contributed by atoms with Gasteiger partial charge in [0.25, 0.3) is 0 Å². The summed E-state index contributed by atoms with van der Waals surface area (Å²) < 4.78 is 23.9. The number of ether oxygens (including phenoxy) is 4. The van der Waals surface area contributed by atoms with Crippen molar-refractivity contribution >= 4 is 22.7 Å². The van der Waals surface area contributed by atoms with Crippen molar-refractivity contribution in [3.8, 4) is 55.3 Å². The predicted octanol–water partition coefficient (Wildman–Crippen LogP) is 10.2. The van der Waals surface area contributed by atoms with Crippen molar-refractivity contribution in [2.75, 3.05) is 26.4 Å². The molecule has 4 aromatic rings. The molecular weight excluding hydrogens is 589 g/mol. The maximum atomic E-state index is 6.07. The number of thiophene rings is 2. The van der Waals surface area contributed by atoms with E-state index in [1.165, 1.54) is 62.5 Å². The van der Waals surface area contributed by atoms with Gasteiger partial charge in [0, 0.05) is 34.3 Å². The van der Waals surface area contributed by atoms with E-state index in [-0.39, 0.29) is 0 Å². The lowest BCUT2D eigenvalue weighted by Crippen LogP contribution is -2.14. The van der Waals surface area contributed by atoms with Gasteiger partial charge in [-0.15, -0.1) is 22.7 Å². The maximum absolute atomic E-state index is 6.07. The van der Waals surface area contributed by atoms with Crippen LogP contribution < -0.4 is 18.9 Å². The minimum Gasteiger partial charge on any atom is -0.485 e. The third-order valence-electron chi connectivity index (χ3n) is 8.43. The molecule has 44 heavy (non-hydrogen) atoms. The second-order valence-corrected chi connectivity index (χ2v) is 13.5. The zero-order chi connectivity index (χ0) is 30.1. The molecule has 0 saturated carbocycles. The van der Waals surface area contributed by atoms with Gasteiger partial charge in [-0.05, 0) is 48.9 Å². The fourth-order valence-electron chi connectivity index (χ4n) is 6.03. The van der Waals surface area contributed by atoms with Crippen LogP contribution in [0.5, 0.6) is 23.0 Å². The summed E-state index contributed by atoms with van der Waals surface area (Å²) in [5, 5.41) is 4.13. The molecule has 0 amide bonds. The molecule has 0 saturated heterocycles. The molecule has 0 radical (unpaired) electrons. The van der Waals surface area contributed by atoms with Crippen molar-refractivity contribution in [1.82, 2.24) is 9.97 Å². The van der Waals surface area contributed by atoms with E-state index in [2.05, 4.69) is 36.7 Å². The first-order valence-electron chi connectivity index (χ1n) is 16.5. The Kier molecular flexibility index (Phi) is 10.7. The van der Waals surface area contributed by atoms with Crippen molar-refractivity contribution in [2.45, 2.75) is 90.9 Å². The topological polar surface area (TPSA) is 62.7 Å². The summed E-state index contributed by atoms with van der Waals surface area (Å²) in [6, 6.07) is 4.53. The Balaban J connectivity index is 1.33. The number of fused-ring (bicyclic) bond motifs is 2. The number of nitrogens with zero attached hydrogens (tertiary/aromatic N) is 2. The molecule has 234 valence electrons. The first-order valence-corrected chi connectivity index (χ1v) is 18.3. The fourth-order valence-corrected chi connectivity index (χ4v) is 7.99. The van der Waals surface area contributed by atoms with Crippen LogP contribution in [0.15, 0.2) is 35.3 Å². The molecule has 6 rings (SSSR count). The normalized spacial score (nSPS) is 13.8. The van der Waals surface area contributed by atoms with Crippen LogP contribution in [0.25, 0.3) is 32.3 Å². The standard InChI is InChI=1S/C36H44N2O4S2/c1-3-5-7-9-11-13-25-19-29(37-21-27(25)35-33-31(23-43-35)39-15-17-41-33)30-20-26(14-12-10-8-6-4-2)28(22-38-30)36-34-32(24-44-36)40-16-18-42-34/h19-24H,3-18H2,1-2H3. The summed E-state index contributed by atoms with van der Waals surface area (Å²) in [4.78, 5) is 12.2. The van der Waals surface area contributed by atoms with E-state index in [0.29, 0.717) is 26.4 Å². The lowest BCUT2D eigenvalue weighted by molar-refractivity contribution is 0.174. The van der Waals surface area contributed by atoms with Crippen LogP contribution in [0, 0.1) is 0 Å². The quantitative estimate of drug-likeness (QED) is 0.122. The van der Waals surface area contributed by atoms with Gasteiger partial charge in [0.15, 0.2) is 23.0 Å². The molecule has 0 N–H and O–H groups in total. The highest BCUT2D eigenvalue weighted by molar-refractivity contribution is 7.14. The van der Waals surface area contributed by atoms with Gasteiger partial charge < -0.3 is 18.9 Å². The molecule has 0 bridgehead atoms. The molecular formula is C36H44N2O4S2. The Morgan fingerprint density at radius 3 is 1.45 bits per heavy atom. The first kappa shape index (κ1) is 30.9. The van der Waals surface area contributed by atoms with Gasteiger partial charge in [0.05, 0.1) is 21.1 Å². The smallest absolute Gasteiger partial charge is 0.180 e. The van der Waals surface area contributed by atoms with Gasteiger partial charge in [0.1, 0.15) is 26.4 Å². The first-order chi connectivity index (χ1) is 21.8. The second-order valence-electron chi connectivity index (χ2n) is 11.7. The minimum absolute atomic E-state index is 0.580. The minimum atomic E-state index is 0.580. The number of pyridine rings is 2. The van der Waals surface area contributed by atoms with Crippen molar-refractivity contribution in [3.05, 3.63) is 46.4 Å². The molecule has 6 nitrogen and oxygen atoms in total. The highest BCUT2D eigenvalue weighted by Gasteiger charge is 2.24. The summed E-state index contributed by atoms with van der Waals surface area (Å²) in [6.07, 6.45) is 18.5. The fraction of sp³-hybridized carbons (Fsp3) is 0.500. The molecule has 0 atom stereocenters. The number of aromatic nitrogens is 2. The van der Waals surface area contributed by atoms with Crippen LogP contribution in [0.2, 0.25) is 0 Å². The lowest BCUT2D eigenvalue weighted by atomic mass is 9.97. The number of hydrogen-bond acceptors (Lipinski definition) is 8. The third-order valence-corrected chi connectivity index (χ3v) is 10.4. The van der Waals surface area contributed by atoms with Gasteiger partial charge >= 0.3 is 0 Å². The van der Waals surface area contributed by atoms with Crippen LogP contribution in [0.1, 0.15) is 89.2 Å². The number of unbranched alkanes of at least 4 members (excludes halogenated alkanes) is 8. The van der Waals surface area contributed by atoms with Crippen LogP contribution in [0.4, 0.5) is 0 Å². The summed E-state index contributed by atoms with van der Waals surface area (Å²) in [7, 11) is 0. The Labute approximate surface area is 269 Å². The van der Waals surface area contributed by atoms with Crippen LogP contribution in [-0.2, 0) is 12.8 Å². The maximum Gasteiger partial charge on any atom is 0.180 e. The van der Waals surface area contributed by atoms with Gasteiger partial charge in [-0.3, -0.25) is 9.97 Å². The molecule has 6 heterocycles. The van der Waals surface area contributed by atoms with Gasteiger partial charge in [-0.2, -0.15) is 0 Å². The van der Waals surface area contributed by atoms with E-state index in [4.69, 9.17) is 28.9 Å². The Hall–Kier alpha value is -3.10. The summed E-state index contributed by atoms with van der Waals surface area (Å²) in [5.41, 5.74) is 6.75. The molecule has 2 aliphatic rings. The van der Waals surface area contributed by atoms with E-state index in [9.17, 15) is 0 Å². The van der Waals surface area contributed by atoms with E-state index < -0.39 is 0 Å². The zero-order valence-corrected chi connectivity index (χ0v) is 27.8. The van der Waals surface area contributed by atoms with Gasteiger partial charge in [-0.1, -0.05) is 65.2 Å². The van der Waals surface area contributed by atoms with Crippen molar-refractivity contribution in [2.24, 2.45) is 0 Å². The predicted molar refractivity (Wildman–Crippen MR) is 181 cm³/mol. The number of hydrogen-bond donors (Lipinski definition) is 0. The van der Waals surface area contributed by atoms with Crippen molar-refractivity contribution in [3.63, 3.8) is 0 Å². The number of aryl methyl sites for hydroxylation is 2. The third kappa shape index (κ3) is 7.07. The zero-order valence-electron chi connectivity index (χ0n) is 26.1. The molecule has 0 aliphatic carbocycles. The van der Waals surface area contributed by atoms with Gasteiger partial charge in [0.2, 0.25) is 0 Å². The molecule has 4 aromatic heterocycles.